The van der Waals surface area contributed by atoms with Crippen LogP contribution in [-0.2, 0) is 27.6 Å². The van der Waals surface area contributed by atoms with Crippen molar-refractivity contribution < 1.29 is 13.2 Å². The van der Waals surface area contributed by atoms with E-state index in [1.165, 1.54) is 6.26 Å². The van der Waals surface area contributed by atoms with Gasteiger partial charge in [-0.1, -0.05) is 25.1 Å². The number of nitrogens with one attached hydrogen (secondary N) is 1. The highest BCUT2D eigenvalue weighted by Crippen LogP contribution is 2.28. The molecule has 1 N–H and O–H groups in total. The van der Waals surface area contributed by atoms with Gasteiger partial charge < -0.3 is 9.64 Å². The number of sulfonamides is 1. The minimum Gasteiger partial charge on any atom is -0.376 e. The van der Waals surface area contributed by atoms with E-state index in [0.717, 1.165) is 73.4 Å². The zero-order valence-corrected chi connectivity index (χ0v) is 20.5. The van der Waals surface area contributed by atoms with Gasteiger partial charge in [0.2, 0.25) is 16.0 Å². The molecule has 1 fully saturated rings. The fourth-order valence-electron chi connectivity index (χ4n) is 4.97. The average Bonchev–Trinajstić information content (AvgIpc) is 3.26. The van der Waals surface area contributed by atoms with E-state index in [1.807, 2.05) is 35.1 Å². The Morgan fingerprint density at radius 2 is 1.97 bits per heavy atom. The molecule has 182 valence electrons. The summed E-state index contributed by atoms with van der Waals surface area (Å²) in [6, 6.07) is 9.76. The number of aryl methyl sites for hydroxylation is 2. The number of ether oxygens (including phenoxy) is 1. The largest absolute Gasteiger partial charge is 0.376 e. The SMILES string of the molecule is CCc1cc2n(n1)[C@@H](COC1CCN(c3ncc4ccccc4n3)CC1)[C@@H](NS(C)(=O)=O)CC2. The Morgan fingerprint density at radius 3 is 2.74 bits per heavy atom. The molecule has 4 heterocycles. The van der Waals surface area contributed by atoms with Crippen molar-refractivity contribution in [2.24, 2.45) is 0 Å². The van der Waals surface area contributed by atoms with E-state index in [1.54, 1.807) is 0 Å². The maximum Gasteiger partial charge on any atom is 0.225 e. The predicted octanol–water partition coefficient (Wildman–Crippen LogP) is 2.48. The third-order valence-corrected chi connectivity index (χ3v) is 7.52. The predicted molar refractivity (Wildman–Crippen MR) is 131 cm³/mol. The highest BCUT2D eigenvalue weighted by molar-refractivity contribution is 7.88. The first-order valence-electron chi connectivity index (χ1n) is 12.0. The van der Waals surface area contributed by atoms with Crippen LogP contribution < -0.4 is 9.62 Å². The summed E-state index contributed by atoms with van der Waals surface area (Å²) >= 11 is 0. The zero-order valence-electron chi connectivity index (χ0n) is 19.7. The number of benzene rings is 1. The summed E-state index contributed by atoms with van der Waals surface area (Å²) in [7, 11) is -3.32. The minimum absolute atomic E-state index is 0.113. The molecule has 0 saturated carbocycles. The Balaban J connectivity index is 1.23. The topological polar surface area (TPSA) is 102 Å². The van der Waals surface area contributed by atoms with Gasteiger partial charge in [-0.15, -0.1) is 0 Å². The van der Waals surface area contributed by atoms with Crippen molar-refractivity contribution in [3.63, 3.8) is 0 Å². The molecular weight excluding hydrogens is 452 g/mol. The number of aromatic nitrogens is 4. The van der Waals surface area contributed by atoms with Crippen LogP contribution in [0.3, 0.4) is 0 Å². The van der Waals surface area contributed by atoms with E-state index < -0.39 is 10.0 Å². The monoisotopic (exact) mass is 484 g/mol. The lowest BCUT2D eigenvalue weighted by Crippen LogP contribution is -2.47. The van der Waals surface area contributed by atoms with Gasteiger partial charge in [-0.05, 0) is 44.2 Å². The standard InChI is InChI=1S/C24H32N6O3S/c1-3-18-14-19-8-9-22(28-34(2,31)32)23(30(19)27-18)16-33-20-10-12-29(13-11-20)24-25-15-17-6-4-5-7-21(17)26-24/h4-7,14-15,20,22-23,28H,3,8-13,16H2,1-2H3/t22-,23-/m0/s1. The second-order valence-electron chi connectivity index (χ2n) is 9.28. The van der Waals surface area contributed by atoms with Crippen molar-refractivity contribution in [1.29, 1.82) is 0 Å². The van der Waals surface area contributed by atoms with E-state index in [9.17, 15) is 8.42 Å². The van der Waals surface area contributed by atoms with Crippen LogP contribution in [0.5, 0.6) is 0 Å². The molecule has 0 aliphatic carbocycles. The van der Waals surface area contributed by atoms with E-state index in [-0.39, 0.29) is 18.2 Å². The van der Waals surface area contributed by atoms with Crippen molar-refractivity contribution in [2.45, 2.75) is 57.2 Å². The second kappa shape index (κ2) is 9.59. The maximum atomic E-state index is 12.0. The Kier molecular flexibility index (Phi) is 6.54. The van der Waals surface area contributed by atoms with Crippen LogP contribution in [-0.4, -0.2) is 66.3 Å². The first-order valence-corrected chi connectivity index (χ1v) is 13.9. The molecule has 5 rings (SSSR count). The fourth-order valence-corrected chi connectivity index (χ4v) is 5.80. The maximum absolute atomic E-state index is 12.0. The average molecular weight is 485 g/mol. The van der Waals surface area contributed by atoms with Gasteiger partial charge in [0.1, 0.15) is 0 Å². The lowest BCUT2D eigenvalue weighted by atomic mass is 9.98. The minimum atomic E-state index is -3.32. The Bertz CT molecular complexity index is 1250. The van der Waals surface area contributed by atoms with Crippen LogP contribution in [0, 0.1) is 0 Å². The molecule has 0 amide bonds. The molecule has 2 aromatic heterocycles. The highest BCUT2D eigenvalue weighted by atomic mass is 32.2. The third kappa shape index (κ3) is 5.08. The Morgan fingerprint density at radius 1 is 1.18 bits per heavy atom. The molecule has 34 heavy (non-hydrogen) atoms. The van der Waals surface area contributed by atoms with Crippen LogP contribution in [0.25, 0.3) is 10.9 Å². The fraction of sp³-hybridized carbons (Fsp3) is 0.542. The number of nitrogens with zero attached hydrogens (tertiary/aromatic N) is 5. The molecule has 0 bridgehead atoms. The molecule has 0 radical (unpaired) electrons. The van der Waals surface area contributed by atoms with Crippen LogP contribution >= 0.6 is 0 Å². The summed E-state index contributed by atoms with van der Waals surface area (Å²) in [5.74, 6) is 0.759. The summed E-state index contributed by atoms with van der Waals surface area (Å²) in [6.07, 6.45) is 7.36. The van der Waals surface area contributed by atoms with Gasteiger partial charge in [-0.25, -0.2) is 23.1 Å². The van der Waals surface area contributed by atoms with Crippen molar-refractivity contribution in [3.8, 4) is 0 Å². The van der Waals surface area contributed by atoms with Gasteiger partial charge in [-0.3, -0.25) is 4.68 Å². The first-order chi connectivity index (χ1) is 16.4. The summed E-state index contributed by atoms with van der Waals surface area (Å²) < 4.78 is 35.1. The van der Waals surface area contributed by atoms with Crippen molar-refractivity contribution >= 4 is 26.9 Å². The summed E-state index contributed by atoms with van der Waals surface area (Å²) in [5, 5.41) is 5.79. The summed E-state index contributed by atoms with van der Waals surface area (Å²) in [4.78, 5) is 11.5. The molecule has 1 saturated heterocycles. The van der Waals surface area contributed by atoms with Gasteiger partial charge in [0, 0.05) is 36.4 Å². The van der Waals surface area contributed by atoms with Gasteiger partial charge in [0.25, 0.3) is 0 Å². The molecule has 1 aromatic carbocycles. The van der Waals surface area contributed by atoms with Crippen molar-refractivity contribution in [2.75, 3.05) is 30.9 Å². The molecule has 0 unspecified atom stereocenters. The van der Waals surface area contributed by atoms with E-state index >= 15 is 0 Å². The summed E-state index contributed by atoms with van der Waals surface area (Å²) in [5.41, 5.74) is 3.14. The molecular formula is C24H32N6O3S. The number of piperidine rings is 1. The molecule has 9 nitrogen and oxygen atoms in total. The van der Waals surface area contributed by atoms with Crippen LogP contribution in [0.2, 0.25) is 0 Å². The van der Waals surface area contributed by atoms with Gasteiger partial charge in [0.15, 0.2) is 0 Å². The molecule has 10 heteroatoms. The lowest BCUT2D eigenvalue weighted by molar-refractivity contribution is 0.00600. The van der Waals surface area contributed by atoms with Crippen LogP contribution in [0.15, 0.2) is 36.5 Å². The van der Waals surface area contributed by atoms with Crippen LogP contribution in [0.4, 0.5) is 5.95 Å². The summed E-state index contributed by atoms with van der Waals surface area (Å²) in [6.45, 7) is 4.17. The number of anilines is 1. The van der Waals surface area contributed by atoms with E-state index in [2.05, 4.69) is 27.6 Å². The van der Waals surface area contributed by atoms with Crippen molar-refractivity contribution in [3.05, 3.63) is 47.9 Å². The normalized spacial score (nSPS) is 21.6. The molecule has 0 spiro atoms. The van der Waals surface area contributed by atoms with Gasteiger partial charge >= 0.3 is 0 Å². The lowest BCUT2D eigenvalue weighted by Gasteiger charge is -2.36. The molecule has 3 aromatic rings. The first kappa shape index (κ1) is 23.2. The van der Waals surface area contributed by atoms with Crippen molar-refractivity contribution in [1.82, 2.24) is 24.5 Å². The smallest absolute Gasteiger partial charge is 0.225 e. The third-order valence-electron chi connectivity index (χ3n) is 6.79. The second-order valence-corrected chi connectivity index (χ2v) is 11.1. The Hall–Kier alpha value is -2.56. The quantitative estimate of drug-likeness (QED) is 0.550. The molecule has 2 aliphatic rings. The molecule has 2 aliphatic heterocycles. The zero-order chi connectivity index (χ0) is 23.7. The van der Waals surface area contributed by atoms with Crippen LogP contribution in [0.1, 0.15) is 43.6 Å². The molecule has 2 atom stereocenters. The number of hydrogen-bond donors (Lipinski definition) is 1. The number of para-hydroxylation sites is 1. The van der Waals surface area contributed by atoms with Gasteiger partial charge in [-0.2, -0.15) is 5.10 Å². The number of hydrogen-bond acceptors (Lipinski definition) is 7. The Labute approximate surface area is 200 Å². The van der Waals surface area contributed by atoms with Gasteiger partial charge in [0.05, 0.1) is 36.2 Å². The number of rotatable bonds is 7. The highest BCUT2D eigenvalue weighted by Gasteiger charge is 2.34. The number of fused-ring (bicyclic) bond motifs is 2. The van der Waals surface area contributed by atoms with E-state index in [0.29, 0.717) is 6.61 Å². The van der Waals surface area contributed by atoms with E-state index in [4.69, 9.17) is 14.8 Å².